The molecule has 0 fully saturated rings. The molecule has 0 spiro atoms. The lowest BCUT2D eigenvalue weighted by molar-refractivity contribution is -0.123. The van der Waals surface area contributed by atoms with Crippen LogP contribution in [0.3, 0.4) is 0 Å². The van der Waals surface area contributed by atoms with Gasteiger partial charge in [0.2, 0.25) is 5.91 Å². The van der Waals surface area contributed by atoms with Gasteiger partial charge in [0.25, 0.3) is 0 Å². The van der Waals surface area contributed by atoms with Crippen molar-refractivity contribution in [3.8, 4) is 0 Å². The number of hydrogen-bond acceptors (Lipinski definition) is 3. The Morgan fingerprint density at radius 3 is 2.52 bits per heavy atom. The molecular formula is C16H26BrN3O. The van der Waals surface area contributed by atoms with Crippen molar-refractivity contribution in [2.75, 3.05) is 13.1 Å². The first-order chi connectivity index (χ1) is 9.85. The van der Waals surface area contributed by atoms with Crippen LogP contribution in [0.15, 0.2) is 28.7 Å². The number of nitrogens with one attached hydrogen (secondary N) is 1. The van der Waals surface area contributed by atoms with Gasteiger partial charge >= 0.3 is 0 Å². The SMILES string of the molecule is CCN(CC(=O)NC(C)C)C(c1cccc(Br)c1)C(C)N. The van der Waals surface area contributed by atoms with E-state index < -0.39 is 0 Å². The number of rotatable bonds is 7. The summed E-state index contributed by atoms with van der Waals surface area (Å²) in [6.45, 7) is 9.08. The van der Waals surface area contributed by atoms with Crippen LogP contribution in [0.1, 0.15) is 39.3 Å². The zero-order valence-electron chi connectivity index (χ0n) is 13.3. The number of nitrogens with zero attached hydrogens (tertiary/aromatic N) is 1. The zero-order valence-corrected chi connectivity index (χ0v) is 14.9. The molecule has 0 heterocycles. The minimum Gasteiger partial charge on any atom is -0.353 e. The minimum atomic E-state index is -0.0638. The lowest BCUT2D eigenvalue weighted by Crippen LogP contribution is -2.45. The monoisotopic (exact) mass is 355 g/mol. The second kappa shape index (κ2) is 8.51. The molecule has 0 saturated carbocycles. The van der Waals surface area contributed by atoms with Crippen molar-refractivity contribution in [1.29, 1.82) is 0 Å². The fraction of sp³-hybridized carbons (Fsp3) is 0.562. The van der Waals surface area contributed by atoms with E-state index in [1.165, 1.54) is 0 Å². The molecule has 0 aliphatic heterocycles. The molecule has 0 aromatic heterocycles. The summed E-state index contributed by atoms with van der Waals surface area (Å²) < 4.78 is 1.02. The molecule has 1 aromatic carbocycles. The van der Waals surface area contributed by atoms with Crippen LogP contribution in [0.25, 0.3) is 0 Å². The topological polar surface area (TPSA) is 58.4 Å². The fourth-order valence-corrected chi connectivity index (χ4v) is 2.91. The third-order valence-electron chi connectivity index (χ3n) is 3.28. The summed E-state index contributed by atoms with van der Waals surface area (Å²) in [7, 11) is 0. The highest BCUT2D eigenvalue weighted by atomic mass is 79.9. The third kappa shape index (κ3) is 5.77. The first kappa shape index (κ1) is 18.1. The normalized spacial score (nSPS) is 14.3. The summed E-state index contributed by atoms with van der Waals surface area (Å²) in [5.74, 6) is 0.0347. The molecule has 2 atom stereocenters. The molecule has 118 valence electrons. The fourth-order valence-electron chi connectivity index (χ4n) is 2.50. The Balaban J connectivity index is 2.93. The molecule has 21 heavy (non-hydrogen) atoms. The molecule has 2 unspecified atom stereocenters. The highest BCUT2D eigenvalue weighted by Gasteiger charge is 2.25. The van der Waals surface area contributed by atoms with Crippen LogP contribution in [0.2, 0.25) is 0 Å². The number of nitrogens with two attached hydrogens (primary N) is 1. The van der Waals surface area contributed by atoms with E-state index in [9.17, 15) is 4.79 Å². The number of likely N-dealkylation sites (N-methyl/N-ethyl adjacent to an activating group) is 1. The number of benzene rings is 1. The Kier molecular flexibility index (Phi) is 7.35. The van der Waals surface area contributed by atoms with Gasteiger partial charge in [0.1, 0.15) is 0 Å². The summed E-state index contributed by atoms with van der Waals surface area (Å²) >= 11 is 3.50. The van der Waals surface area contributed by atoms with E-state index in [4.69, 9.17) is 5.73 Å². The molecule has 1 rings (SSSR count). The lowest BCUT2D eigenvalue weighted by atomic mass is 9.99. The van der Waals surface area contributed by atoms with Gasteiger partial charge in [-0.3, -0.25) is 9.69 Å². The Morgan fingerprint density at radius 1 is 1.38 bits per heavy atom. The van der Waals surface area contributed by atoms with E-state index in [1.54, 1.807) is 0 Å². The number of amides is 1. The van der Waals surface area contributed by atoms with Crippen LogP contribution in [0.4, 0.5) is 0 Å². The number of carbonyl (C=O) groups is 1. The quantitative estimate of drug-likeness (QED) is 0.790. The van der Waals surface area contributed by atoms with Gasteiger partial charge < -0.3 is 11.1 Å². The minimum absolute atomic E-state index is 0.0189. The molecule has 3 N–H and O–H groups in total. The molecular weight excluding hydrogens is 330 g/mol. The first-order valence-electron chi connectivity index (χ1n) is 7.39. The molecule has 5 heteroatoms. The predicted molar refractivity (Wildman–Crippen MR) is 91.1 cm³/mol. The van der Waals surface area contributed by atoms with Crippen LogP contribution >= 0.6 is 15.9 Å². The third-order valence-corrected chi connectivity index (χ3v) is 3.78. The molecule has 0 bridgehead atoms. The lowest BCUT2D eigenvalue weighted by Gasteiger charge is -2.33. The van der Waals surface area contributed by atoms with Crippen molar-refractivity contribution in [3.63, 3.8) is 0 Å². The molecule has 4 nitrogen and oxygen atoms in total. The van der Waals surface area contributed by atoms with E-state index in [1.807, 2.05) is 32.9 Å². The zero-order chi connectivity index (χ0) is 16.0. The van der Waals surface area contributed by atoms with Crippen molar-refractivity contribution in [2.45, 2.75) is 45.8 Å². The molecule has 0 saturated heterocycles. The van der Waals surface area contributed by atoms with Gasteiger partial charge in [-0.25, -0.2) is 0 Å². The van der Waals surface area contributed by atoms with E-state index in [0.29, 0.717) is 6.54 Å². The van der Waals surface area contributed by atoms with Gasteiger partial charge in [0.15, 0.2) is 0 Å². The smallest absolute Gasteiger partial charge is 0.234 e. The summed E-state index contributed by atoms with van der Waals surface area (Å²) in [5.41, 5.74) is 7.31. The maximum Gasteiger partial charge on any atom is 0.234 e. The number of hydrogen-bond donors (Lipinski definition) is 2. The average Bonchev–Trinajstić information content (AvgIpc) is 2.36. The van der Waals surface area contributed by atoms with Crippen LogP contribution in [-0.4, -0.2) is 36.0 Å². The van der Waals surface area contributed by atoms with Crippen LogP contribution in [0.5, 0.6) is 0 Å². The maximum atomic E-state index is 12.0. The summed E-state index contributed by atoms with van der Waals surface area (Å²) in [5, 5.41) is 2.93. The van der Waals surface area contributed by atoms with Gasteiger partial charge in [-0.2, -0.15) is 0 Å². The van der Waals surface area contributed by atoms with Crippen molar-refractivity contribution in [2.24, 2.45) is 5.73 Å². The molecule has 0 aliphatic carbocycles. The van der Waals surface area contributed by atoms with E-state index in [0.717, 1.165) is 16.6 Å². The van der Waals surface area contributed by atoms with Crippen LogP contribution in [0, 0.1) is 0 Å². The van der Waals surface area contributed by atoms with Gasteiger partial charge in [0.05, 0.1) is 12.6 Å². The summed E-state index contributed by atoms with van der Waals surface area (Å²) in [6, 6.07) is 8.21. The van der Waals surface area contributed by atoms with Crippen molar-refractivity contribution in [3.05, 3.63) is 34.3 Å². The number of carbonyl (C=O) groups excluding carboxylic acids is 1. The Hall–Kier alpha value is -0.910. The molecule has 0 aliphatic rings. The second-order valence-corrected chi connectivity index (χ2v) is 6.56. The number of halogens is 1. The first-order valence-corrected chi connectivity index (χ1v) is 8.18. The van der Waals surface area contributed by atoms with E-state index in [2.05, 4.69) is 45.2 Å². The van der Waals surface area contributed by atoms with E-state index >= 15 is 0 Å². The highest BCUT2D eigenvalue weighted by molar-refractivity contribution is 9.10. The van der Waals surface area contributed by atoms with Crippen molar-refractivity contribution in [1.82, 2.24) is 10.2 Å². The molecule has 1 amide bonds. The Morgan fingerprint density at radius 2 is 2.05 bits per heavy atom. The van der Waals surface area contributed by atoms with Gasteiger partial charge in [-0.15, -0.1) is 0 Å². The molecule has 0 radical (unpaired) electrons. The summed E-state index contributed by atoms with van der Waals surface area (Å²) in [6.07, 6.45) is 0. The standard InChI is InChI=1S/C16H26BrN3O/c1-5-20(10-15(21)19-11(2)3)16(12(4)18)13-7-6-8-14(17)9-13/h6-9,11-12,16H,5,10,18H2,1-4H3,(H,19,21). The highest BCUT2D eigenvalue weighted by Crippen LogP contribution is 2.25. The Bertz CT molecular complexity index is 463. The van der Waals surface area contributed by atoms with E-state index in [-0.39, 0.29) is 24.0 Å². The van der Waals surface area contributed by atoms with Crippen molar-refractivity contribution < 1.29 is 4.79 Å². The van der Waals surface area contributed by atoms with Crippen LogP contribution < -0.4 is 11.1 Å². The van der Waals surface area contributed by atoms with Gasteiger partial charge in [-0.05, 0) is 45.0 Å². The van der Waals surface area contributed by atoms with Gasteiger partial charge in [0, 0.05) is 16.6 Å². The largest absolute Gasteiger partial charge is 0.353 e. The van der Waals surface area contributed by atoms with Gasteiger partial charge in [-0.1, -0.05) is 35.0 Å². The Labute approximate surface area is 136 Å². The average molecular weight is 356 g/mol. The van der Waals surface area contributed by atoms with Crippen LogP contribution in [-0.2, 0) is 4.79 Å². The molecule has 1 aromatic rings. The predicted octanol–water partition coefficient (Wildman–Crippen LogP) is 2.68. The van der Waals surface area contributed by atoms with Crippen molar-refractivity contribution >= 4 is 21.8 Å². The maximum absolute atomic E-state index is 12.0. The second-order valence-electron chi connectivity index (χ2n) is 5.64. The summed E-state index contributed by atoms with van der Waals surface area (Å²) in [4.78, 5) is 14.2.